The van der Waals surface area contributed by atoms with Crippen LogP contribution in [0.4, 0.5) is 10.5 Å². The van der Waals surface area contributed by atoms with Crippen LogP contribution in [0.2, 0.25) is 0 Å². The summed E-state index contributed by atoms with van der Waals surface area (Å²) in [4.78, 5) is 33.3. The Morgan fingerprint density at radius 3 is 2.28 bits per heavy atom. The average Bonchev–Trinajstić information content (AvgIpc) is 2.45. The Kier molecular flexibility index (Phi) is 6.90. The molecule has 0 aliphatic rings. The van der Waals surface area contributed by atoms with Crippen LogP contribution in [-0.4, -0.2) is 33.7 Å². The quantitative estimate of drug-likeness (QED) is 0.575. The number of nitro benzene ring substituents is 1. The molecule has 0 heterocycles. The number of hydrogen-bond acceptors (Lipinski definition) is 5. The summed E-state index contributed by atoms with van der Waals surface area (Å²) >= 11 is 0. The van der Waals surface area contributed by atoms with Crippen molar-refractivity contribution in [3.63, 3.8) is 0 Å². The summed E-state index contributed by atoms with van der Waals surface area (Å²) in [6.07, 6.45) is -0.0718. The van der Waals surface area contributed by atoms with Crippen LogP contribution < -0.4 is 5.32 Å². The number of carbonyl (C=O) groups excluding carboxylic acids is 1. The number of alkyl carbamates (subject to hydrolysis) is 1. The molecule has 0 aliphatic heterocycles. The van der Waals surface area contributed by atoms with Crippen molar-refractivity contribution in [1.29, 1.82) is 0 Å². The Bertz CT molecular complexity index is 621. The molecule has 0 aromatic heterocycles. The number of nitrogens with zero attached hydrogens (tertiary/aromatic N) is 1. The van der Waals surface area contributed by atoms with Gasteiger partial charge in [-0.05, 0) is 39.2 Å². The Morgan fingerprint density at radius 1 is 1.28 bits per heavy atom. The molecule has 0 bridgehead atoms. The number of benzene rings is 1. The van der Waals surface area contributed by atoms with Gasteiger partial charge in [0.15, 0.2) is 0 Å². The molecule has 2 atom stereocenters. The number of carboxylic acid groups (broad SMARTS) is 1. The monoisotopic (exact) mass is 352 g/mol. The molecule has 1 rings (SSSR count). The first kappa shape index (κ1) is 20.4. The Hall–Kier alpha value is -2.64. The normalized spacial score (nSPS) is 13.6. The summed E-state index contributed by atoms with van der Waals surface area (Å²) in [5.41, 5.74) is 0.0592. The van der Waals surface area contributed by atoms with Gasteiger partial charge >= 0.3 is 12.1 Å². The van der Waals surface area contributed by atoms with Gasteiger partial charge in [-0.1, -0.05) is 19.1 Å². The van der Waals surface area contributed by atoms with E-state index in [0.717, 1.165) is 5.56 Å². The van der Waals surface area contributed by atoms with Crippen LogP contribution in [-0.2, 0) is 16.0 Å². The van der Waals surface area contributed by atoms with E-state index in [2.05, 4.69) is 5.32 Å². The largest absolute Gasteiger partial charge is 0.481 e. The van der Waals surface area contributed by atoms with Crippen LogP contribution in [0.5, 0.6) is 0 Å². The number of hydrogen-bond donors (Lipinski definition) is 2. The van der Waals surface area contributed by atoms with Gasteiger partial charge < -0.3 is 15.2 Å². The van der Waals surface area contributed by atoms with Crippen LogP contribution in [0.3, 0.4) is 0 Å². The molecule has 0 fully saturated rings. The number of non-ortho nitro benzene ring substituents is 1. The third-order valence-electron chi connectivity index (χ3n) is 3.41. The summed E-state index contributed by atoms with van der Waals surface area (Å²) in [6, 6.07) is 5.46. The van der Waals surface area contributed by atoms with Gasteiger partial charge in [-0.15, -0.1) is 0 Å². The summed E-state index contributed by atoms with van der Waals surface area (Å²) < 4.78 is 5.21. The maximum absolute atomic E-state index is 12.0. The second-order valence-electron chi connectivity index (χ2n) is 6.95. The van der Waals surface area contributed by atoms with E-state index in [-0.39, 0.29) is 12.1 Å². The number of nitro groups is 1. The van der Waals surface area contributed by atoms with Crippen LogP contribution in [0, 0.1) is 16.0 Å². The van der Waals surface area contributed by atoms with Crippen molar-refractivity contribution >= 4 is 17.7 Å². The number of amides is 1. The molecule has 1 aromatic carbocycles. The van der Waals surface area contributed by atoms with Crippen molar-refractivity contribution in [2.75, 3.05) is 0 Å². The molecule has 0 saturated carbocycles. The topological polar surface area (TPSA) is 119 Å². The highest BCUT2D eigenvalue weighted by Gasteiger charge is 2.23. The predicted molar refractivity (Wildman–Crippen MR) is 91.4 cm³/mol. The van der Waals surface area contributed by atoms with Gasteiger partial charge in [0.25, 0.3) is 5.69 Å². The van der Waals surface area contributed by atoms with Gasteiger partial charge in [-0.25, -0.2) is 4.79 Å². The molecule has 2 unspecified atom stereocenters. The zero-order chi connectivity index (χ0) is 19.2. The lowest BCUT2D eigenvalue weighted by atomic mass is 9.96. The highest BCUT2D eigenvalue weighted by Crippen LogP contribution is 2.17. The van der Waals surface area contributed by atoms with E-state index >= 15 is 0 Å². The van der Waals surface area contributed by atoms with Crippen molar-refractivity contribution in [2.24, 2.45) is 5.92 Å². The van der Waals surface area contributed by atoms with Gasteiger partial charge in [0.2, 0.25) is 0 Å². The van der Waals surface area contributed by atoms with E-state index < -0.39 is 34.5 Å². The van der Waals surface area contributed by atoms with Gasteiger partial charge in [0.05, 0.1) is 10.8 Å². The number of carbonyl (C=O) groups is 2. The second kappa shape index (κ2) is 8.46. The van der Waals surface area contributed by atoms with Crippen LogP contribution in [0.15, 0.2) is 24.3 Å². The molecule has 0 spiro atoms. The SMILES string of the molecule is CC(CC(Cc1ccc([N+](=O)[O-])cc1)NC(=O)OC(C)(C)C)C(=O)O. The van der Waals surface area contributed by atoms with Crippen molar-refractivity contribution in [2.45, 2.75) is 52.2 Å². The fraction of sp³-hybridized carbons (Fsp3) is 0.529. The zero-order valence-corrected chi connectivity index (χ0v) is 14.8. The van der Waals surface area contributed by atoms with E-state index in [0.29, 0.717) is 6.42 Å². The molecule has 2 N–H and O–H groups in total. The molecule has 25 heavy (non-hydrogen) atoms. The van der Waals surface area contributed by atoms with Crippen LogP contribution in [0.1, 0.15) is 39.7 Å². The molecular formula is C17H24N2O6. The maximum Gasteiger partial charge on any atom is 0.407 e. The molecule has 1 aromatic rings. The van der Waals surface area contributed by atoms with Gasteiger partial charge in [-0.2, -0.15) is 0 Å². The van der Waals surface area contributed by atoms with E-state index in [1.54, 1.807) is 39.8 Å². The first-order valence-electron chi connectivity index (χ1n) is 7.93. The molecule has 138 valence electrons. The molecule has 0 radical (unpaired) electrons. The van der Waals surface area contributed by atoms with Crippen molar-refractivity contribution in [3.8, 4) is 0 Å². The van der Waals surface area contributed by atoms with E-state index in [1.807, 2.05) is 0 Å². The average molecular weight is 352 g/mol. The summed E-state index contributed by atoms with van der Waals surface area (Å²) in [5.74, 6) is -1.61. The third kappa shape index (κ3) is 7.65. The maximum atomic E-state index is 12.0. The number of carboxylic acids is 1. The minimum absolute atomic E-state index is 0.0284. The van der Waals surface area contributed by atoms with Gasteiger partial charge in [0.1, 0.15) is 5.60 Å². The lowest BCUT2D eigenvalue weighted by molar-refractivity contribution is -0.384. The fourth-order valence-electron chi connectivity index (χ4n) is 2.23. The lowest BCUT2D eigenvalue weighted by Gasteiger charge is -2.24. The Morgan fingerprint density at radius 2 is 1.84 bits per heavy atom. The molecule has 0 aliphatic carbocycles. The molecular weight excluding hydrogens is 328 g/mol. The molecule has 0 saturated heterocycles. The highest BCUT2D eigenvalue weighted by molar-refractivity contribution is 5.70. The smallest absolute Gasteiger partial charge is 0.407 e. The molecule has 8 nitrogen and oxygen atoms in total. The van der Waals surface area contributed by atoms with Gasteiger partial charge in [-0.3, -0.25) is 14.9 Å². The summed E-state index contributed by atoms with van der Waals surface area (Å²) in [5, 5.41) is 22.5. The highest BCUT2D eigenvalue weighted by atomic mass is 16.6. The number of ether oxygens (including phenoxy) is 1. The van der Waals surface area contributed by atoms with Crippen LogP contribution >= 0.6 is 0 Å². The Labute approximate surface area is 146 Å². The van der Waals surface area contributed by atoms with Crippen molar-refractivity contribution in [1.82, 2.24) is 5.32 Å². The number of rotatable bonds is 7. The minimum atomic E-state index is -0.959. The standard InChI is InChI=1S/C17H24N2O6/c1-11(15(20)21)9-13(18-16(22)25-17(2,3)4)10-12-5-7-14(8-6-12)19(23)24/h5-8,11,13H,9-10H2,1-4H3,(H,18,22)(H,20,21). The lowest BCUT2D eigenvalue weighted by Crippen LogP contribution is -2.41. The fourth-order valence-corrected chi connectivity index (χ4v) is 2.23. The number of nitrogens with one attached hydrogen (secondary N) is 1. The van der Waals surface area contributed by atoms with E-state index in [4.69, 9.17) is 9.84 Å². The predicted octanol–water partition coefficient (Wildman–Crippen LogP) is 3.14. The van der Waals surface area contributed by atoms with Crippen molar-refractivity contribution < 1.29 is 24.4 Å². The van der Waals surface area contributed by atoms with Gasteiger partial charge in [0, 0.05) is 18.2 Å². The molecule has 1 amide bonds. The number of aliphatic carboxylic acids is 1. The second-order valence-corrected chi connectivity index (χ2v) is 6.95. The molecule has 8 heteroatoms. The third-order valence-corrected chi connectivity index (χ3v) is 3.41. The van der Waals surface area contributed by atoms with Crippen LogP contribution in [0.25, 0.3) is 0 Å². The Balaban J connectivity index is 2.84. The zero-order valence-electron chi connectivity index (χ0n) is 14.8. The summed E-state index contributed by atoms with van der Waals surface area (Å²) in [7, 11) is 0. The van der Waals surface area contributed by atoms with Crippen molar-refractivity contribution in [3.05, 3.63) is 39.9 Å². The summed E-state index contributed by atoms with van der Waals surface area (Å²) in [6.45, 7) is 6.76. The van der Waals surface area contributed by atoms with E-state index in [1.165, 1.54) is 12.1 Å². The minimum Gasteiger partial charge on any atom is -0.481 e. The first-order chi connectivity index (χ1) is 11.5. The van der Waals surface area contributed by atoms with E-state index in [9.17, 15) is 19.7 Å². The first-order valence-corrected chi connectivity index (χ1v) is 7.93.